The Morgan fingerprint density at radius 1 is 1.24 bits per heavy atom. The fraction of sp³-hybridized carbons (Fsp3) is 0.400. The van der Waals surface area contributed by atoms with Gasteiger partial charge in [0.1, 0.15) is 0 Å². The molecule has 1 N–H and O–H groups in total. The van der Waals surface area contributed by atoms with Crippen LogP contribution in [-0.4, -0.2) is 48.7 Å². The predicted octanol–water partition coefficient (Wildman–Crippen LogP) is 1.75. The van der Waals surface area contributed by atoms with Crippen LogP contribution in [0.5, 0.6) is 0 Å². The number of aromatic nitrogens is 2. The third-order valence-electron chi connectivity index (χ3n) is 3.17. The molecule has 10 heteroatoms. The molecule has 0 saturated carbocycles. The molecule has 0 spiro atoms. The number of sulfonamides is 1. The van der Waals surface area contributed by atoms with Crippen molar-refractivity contribution >= 4 is 27.7 Å². The van der Waals surface area contributed by atoms with Crippen molar-refractivity contribution in [1.82, 2.24) is 19.8 Å². The molecule has 25 heavy (non-hydrogen) atoms. The molecule has 1 heterocycles. The fourth-order valence-corrected chi connectivity index (χ4v) is 3.34. The number of amides is 1. The summed E-state index contributed by atoms with van der Waals surface area (Å²) in [6.45, 7) is 2.16. The first kappa shape index (κ1) is 19.4. The van der Waals surface area contributed by atoms with Gasteiger partial charge in [-0.25, -0.2) is 12.7 Å². The number of carbonyl (C=O) groups excluding carboxylic acids is 1. The minimum Gasteiger partial charge on any atom is -0.414 e. The molecule has 1 amide bonds. The van der Waals surface area contributed by atoms with Crippen LogP contribution in [0.15, 0.2) is 38.8 Å². The van der Waals surface area contributed by atoms with Crippen LogP contribution < -0.4 is 5.32 Å². The molecule has 0 aliphatic heterocycles. The number of nitrogens with one attached hydrogen (secondary N) is 1. The van der Waals surface area contributed by atoms with E-state index in [1.165, 1.54) is 50.1 Å². The Morgan fingerprint density at radius 3 is 2.52 bits per heavy atom. The third kappa shape index (κ3) is 5.03. The summed E-state index contributed by atoms with van der Waals surface area (Å²) in [5, 5.41) is 10.9. The van der Waals surface area contributed by atoms with Gasteiger partial charge >= 0.3 is 0 Å². The molecule has 2 rings (SSSR count). The normalized spacial score (nSPS) is 11.7. The van der Waals surface area contributed by atoms with E-state index in [1.807, 2.05) is 0 Å². The van der Waals surface area contributed by atoms with Crippen LogP contribution in [0.25, 0.3) is 0 Å². The predicted molar refractivity (Wildman–Crippen MR) is 93.8 cm³/mol. The number of nitrogens with zero attached hydrogens (tertiary/aromatic N) is 3. The monoisotopic (exact) mass is 384 g/mol. The Morgan fingerprint density at radius 2 is 1.92 bits per heavy atom. The van der Waals surface area contributed by atoms with Crippen LogP contribution in [0.2, 0.25) is 0 Å². The molecule has 1 aromatic heterocycles. The second-order valence-electron chi connectivity index (χ2n) is 5.30. The van der Waals surface area contributed by atoms with Crippen LogP contribution in [0.1, 0.15) is 29.6 Å². The van der Waals surface area contributed by atoms with Gasteiger partial charge in [0.15, 0.2) is 0 Å². The second kappa shape index (κ2) is 8.45. The van der Waals surface area contributed by atoms with Crippen LogP contribution in [0.4, 0.5) is 0 Å². The average Bonchev–Trinajstić information content (AvgIpc) is 3.05. The van der Waals surface area contributed by atoms with Gasteiger partial charge in [0.05, 0.1) is 11.4 Å². The van der Waals surface area contributed by atoms with Crippen molar-refractivity contribution in [3.63, 3.8) is 0 Å². The van der Waals surface area contributed by atoms with Crippen molar-refractivity contribution in [3.8, 4) is 0 Å². The second-order valence-corrected chi connectivity index (χ2v) is 8.50. The van der Waals surface area contributed by atoms with E-state index >= 15 is 0 Å². The largest absolute Gasteiger partial charge is 0.414 e. The summed E-state index contributed by atoms with van der Waals surface area (Å²) in [5.41, 5.74) is 0.345. The average molecular weight is 384 g/mol. The van der Waals surface area contributed by atoms with E-state index < -0.39 is 10.0 Å². The number of hydrogen-bond acceptors (Lipinski definition) is 7. The Kier molecular flexibility index (Phi) is 6.57. The number of hydrogen-bond donors (Lipinski definition) is 1. The summed E-state index contributed by atoms with van der Waals surface area (Å²) in [6.07, 6.45) is 0.999. The summed E-state index contributed by atoms with van der Waals surface area (Å²) in [7, 11) is -0.610. The fourth-order valence-electron chi connectivity index (χ4n) is 1.80. The van der Waals surface area contributed by atoms with E-state index in [1.54, 1.807) is 0 Å². The molecule has 8 nitrogen and oxygen atoms in total. The molecule has 0 saturated heterocycles. The van der Waals surface area contributed by atoms with Gasteiger partial charge in [0, 0.05) is 25.4 Å². The highest BCUT2D eigenvalue weighted by Gasteiger charge is 2.17. The molecule has 1 aromatic carbocycles. The van der Waals surface area contributed by atoms with Crippen LogP contribution in [-0.2, 0) is 16.6 Å². The highest BCUT2D eigenvalue weighted by molar-refractivity contribution is 7.99. The van der Waals surface area contributed by atoms with Crippen molar-refractivity contribution < 1.29 is 17.6 Å². The number of thioether (sulfide) groups is 1. The van der Waals surface area contributed by atoms with Crippen LogP contribution in [0, 0.1) is 0 Å². The Labute approximate surface area is 151 Å². The lowest BCUT2D eigenvalue weighted by Gasteiger charge is -2.11. The third-order valence-corrected chi connectivity index (χ3v) is 6.03. The van der Waals surface area contributed by atoms with E-state index in [2.05, 4.69) is 22.4 Å². The molecule has 0 aliphatic rings. The van der Waals surface area contributed by atoms with E-state index in [4.69, 9.17) is 4.42 Å². The quantitative estimate of drug-likeness (QED) is 0.691. The van der Waals surface area contributed by atoms with Gasteiger partial charge in [-0.3, -0.25) is 4.79 Å². The van der Waals surface area contributed by atoms with Gasteiger partial charge in [-0.15, -0.1) is 10.2 Å². The van der Waals surface area contributed by atoms with Crippen LogP contribution >= 0.6 is 11.8 Å². The number of carbonyl (C=O) groups is 1. The van der Waals surface area contributed by atoms with Gasteiger partial charge in [-0.05, 0) is 30.7 Å². The first-order valence-electron chi connectivity index (χ1n) is 7.60. The van der Waals surface area contributed by atoms with Crippen molar-refractivity contribution in [3.05, 3.63) is 35.7 Å². The maximum absolute atomic E-state index is 12.1. The number of benzene rings is 1. The summed E-state index contributed by atoms with van der Waals surface area (Å²) >= 11 is 1.46. The smallest absolute Gasteiger partial charge is 0.276 e. The Balaban J connectivity index is 1.96. The molecule has 0 radical (unpaired) electrons. The van der Waals surface area contributed by atoms with Gasteiger partial charge in [-0.1, -0.05) is 18.7 Å². The summed E-state index contributed by atoms with van der Waals surface area (Å²) in [6, 6.07) is 5.72. The van der Waals surface area contributed by atoms with Gasteiger partial charge in [0.2, 0.25) is 15.9 Å². The Hall–Kier alpha value is -1.91. The molecule has 0 bridgehead atoms. The highest BCUT2D eigenvalue weighted by Crippen LogP contribution is 2.17. The summed E-state index contributed by atoms with van der Waals surface area (Å²) in [4.78, 5) is 12.3. The maximum atomic E-state index is 12.1. The minimum absolute atomic E-state index is 0.107. The molecule has 2 aromatic rings. The van der Waals surface area contributed by atoms with Crippen molar-refractivity contribution in [2.45, 2.75) is 30.0 Å². The van der Waals surface area contributed by atoms with Crippen molar-refractivity contribution in [2.75, 3.05) is 19.8 Å². The minimum atomic E-state index is -3.51. The first-order valence-corrected chi connectivity index (χ1v) is 10.0. The lowest BCUT2D eigenvalue weighted by Crippen LogP contribution is -2.24. The van der Waals surface area contributed by atoms with Gasteiger partial charge in [0.25, 0.3) is 11.1 Å². The summed E-state index contributed by atoms with van der Waals surface area (Å²) in [5.74, 6) is 0.851. The van der Waals surface area contributed by atoms with E-state index in [9.17, 15) is 13.2 Å². The molecular formula is C15H20N4O4S2. The molecule has 0 fully saturated rings. The molecule has 0 atom stereocenters. The van der Waals surface area contributed by atoms with Gasteiger partial charge < -0.3 is 9.73 Å². The highest BCUT2D eigenvalue weighted by atomic mass is 32.2. The van der Waals surface area contributed by atoms with E-state index in [0.717, 1.165) is 16.5 Å². The van der Waals surface area contributed by atoms with Crippen molar-refractivity contribution in [2.24, 2.45) is 0 Å². The summed E-state index contributed by atoms with van der Waals surface area (Å²) < 4.78 is 30.5. The van der Waals surface area contributed by atoms with E-state index in [0.29, 0.717) is 16.7 Å². The zero-order valence-electron chi connectivity index (χ0n) is 14.2. The lowest BCUT2D eigenvalue weighted by atomic mass is 10.2. The molecule has 0 aliphatic carbocycles. The maximum Gasteiger partial charge on any atom is 0.276 e. The standard InChI is InChI=1S/C15H20N4O4S2/c1-4-9-24-15-18-17-13(23-15)10-16-14(20)11-5-7-12(8-6-11)25(21,22)19(2)3/h5-8H,4,9-10H2,1-3H3,(H,16,20). The molecule has 136 valence electrons. The van der Waals surface area contributed by atoms with Gasteiger partial charge in [-0.2, -0.15) is 0 Å². The Bertz CT molecular complexity index is 816. The topological polar surface area (TPSA) is 105 Å². The first-order chi connectivity index (χ1) is 11.8. The number of rotatable bonds is 8. The molecule has 0 unspecified atom stereocenters. The van der Waals surface area contributed by atoms with E-state index in [-0.39, 0.29) is 17.3 Å². The van der Waals surface area contributed by atoms with Crippen molar-refractivity contribution in [1.29, 1.82) is 0 Å². The van der Waals surface area contributed by atoms with Crippen LogP contribution in [0.3, 0.4) is 0 Å². The zero-order chi connectivity index (χ0) is 18.4. The SMILES string of the molecule is CCCSc1nnc(CNC(=O)c2ccc(S(=O)(=O)N(C)C)cc2)o1. The lowest BCUT2D eigenvalue weighted by molar-refractivity contribution is 0.0946. The zero-order valence-corrected chi connectivity index (χ0v) is 15.9. The molecular weight excluding hydrogens is 364 g/mol.